The molecule has 0 amide bonds. The molecule has 1 fully saturated rings. The Balaban J connectivity index is 3.20. The monoisotopic (exact) mass is 450 g/mol. The Morgan fingerprint density at radius 1 is 0.708 bits per heavy atom. The Labute approximate surface area is 150 Å². The van der Waals surface area contributed by atoms with Gasteiger partial charge in [0, 0.05) is 0 Å². The summed E-state index contributed by atoms with van der Waals surface area (Å²) in [7, 11) is 0. The molecule has 0 bridgehead atoms. The van der Waals surface area contributed by atoms with Gasteiger partial charge in [-0.2, -0.15) is 0 Å². The quantitative estimate of drug-likeness (QED) is 0.555. The molecule has 0 N–H and O–H groups in total. The minimum absolute atomic E-state index is 0.132. The number of carbonyl (C=O) groups is 3. The zero-order valence-corrected chi connectivity index (χ0v) is 18.4. The maximum absolute atomic E-state index is 12.3. The molecule has 0 aromatic heterocycles. The first kappa shape index (κ1) is 21.3. The number of rotatable bonds is 7. The molecular weight excluding hydrogens is 419 g/mol. The van der Waals surface area contributed by atoms with Gasteiger partial charge < -0.3 is 0 Å². The Kier molecular flexibility index (Phi) is 8.02. The van der Waals surface area contributed by atoms with Crippen LogP contribution in [0.3, 0.4) is 0 Å². The third kappa shape index (κ3) is 5.63. The average Bonchev–Trinajstić information content (AvgIpc) is 3.01. The summed E-state index contributed by atoms with van der Waals surface area (Å²) in [5.74, 6) is -2.53. The fourth-order valence-electron chi connectivity index (χ4n) is 2.37. The van der Waals surface area contributed by atoms with Gasteiger partial charge in [0.1, 0.15) is 0 Å². The predicted molar refractivity (Wildman–Crippen MR) is 90.8 cm³/mol. The van der Waals surface area contributed by atoms with Gasteiger partial charge in [0.2, 0.25) is 0 Å². The molecule has 0 radical (unpaired) electrons. The van der Waals surface area contributed by atoms with Gasteiger partial charge in [-0.05, 0) is 0 Å². The van der Waals surface area contributed by atoms with Gasteiger partial charge in [-0.1, -0.05) is 0 Å². The molecule has 1 aliphatic rings. The zero-order valence-electron chi connectivity index (χ0n) is 15.6. The standard InChI is InChI=1S/C5H9.3C4H8O2.Sn/c1-2-4-5-3-1;3*1-3(2)4(5)6;/h1H,2-5H2;3*3H,1-2H3,(H,5,6);/q;;;;+3/p-3. The van der Waals surface area contributed by atoms with Gasteiger partial charge >= 0.3 is 150 Å². The first-order valence-electron chi connectivity index (χ1n) is 8.77. The van der Waals surface area contributed by atoms with Crippen molar-refractivity contribution in [1.82, 2.24) is 0 Å². The van der Waals surface area contributed by atoms with Crippen LogP contribution in [0.15, 0.2) is 0 Å². The second-order valence-electron chi connectivity index (χ2n) is 7.31. The molecule has 1 aliphatic carbocycles. The van der Waals surface area contributed by atoms with Crippen molar-refractivity contribution in [3.8, 4) is 0 Å². The van der Waals surface area contributed by atoms with Crippen molar-refractivity contribution in [1.29, 1.82) is 0 Å². The molecule has 6 nitrogen and oxygen atoms in total. The van der Waals surface area contributed by atoms with Crippen molar-refractivity contribution >= 4 is 37.5 Å². The van der Waals surface area contributed by atoms with Crippen molar-refractivity contribution in [2.24, 2.45) is 17.8 Å². The van der Waals surface area contributed by atoms with Crippen LogP contribution in [0.2, 0.25) is 3.93 Å². The van der Waals surface area contributed by atoms with Crippen LogP contribution in [0.25, 0.3) is 0 Å². The Bertz CT molecular complexity index is 411. The topological polar surface area (TPSA) is 78.9 Å². The first-order chi connectivity index (χ1) is 11.1. The van der Waals surface area contributed by atoms with Crippen molar-refractivity contribution < 1.29 is 23.6 Å². The van der Waals surface area contributed by atoms with E-state index in [4.69, 9.17) is 9.22 Å². The van der Waals surface area contributed by atoms with E-state index in [2.05, 4.69) is 0 Å². The second-order valence-corrected chi connectivity index (χ2v) is 14.8. The van der Waals surface area contributed by atoms with E-state index in [1.165, 1.54) is 0 Å². The number of hydrogen-bond donors (Lipinski definition) is 0. The van der Waals surface area contributed by atoms with Gasteiger partial charge in [-0.25, -0.2) is 0 Å². The van der Waals surface area contributed by atoms with E-state index >= 15 is 0 Å². The molecule has 7 heteroatoms. The van der Waals surface area contributed by atoms with Gasteiger partial charge in [0.25, 0.3) is 0 Å². The van der Waals surface area contributed by atoms with Gasteiger partial charge in [-0.3, -0.25) is 0 Å². The molecule has 24 heavy (non-hydrogen) atoms. The summed E-state index contributed by atoms with van der Waals surface area (Å²) < 4.78 is 17.0. The van der Waals surface area contributed by atoms with E-state index in [0.29, 0.717) is 0 Å². The predicted octanol–water partition coefficient (Wildman–Crippen LogP) is 3.47. The summed E-state index contributed by atoms with van der Waals surface area (Å²) >= 11 is -4.73. The SMILES string of the molecule is CC(C)C(=O)[O][Sn]([O]C(=O)C(C)C)([O]C(=O)C(C)C)[CH]1CCCC1. The van der Waals surface area contributed by atoms with Crippen LogP contribution in [0, 0.1) is 17.8 Å². The summed E-state index contributed by atoms with van der Waals surface area (Å²) in [5.41, 5.74) is 0. The van der Waals surface area contributed by atoms with E-state index in [1.807, 2.05) is 0 Å². The van der Waals surface area contributed by atoms with Crippen LogP contribution in [-0.2, 0) is 23.6 Å². The van der Waals surface area contributed by atoms with Crippen LogP contribution in [0.1, 0.15) is 67.2 Å². The van der Waals surface area contributed by atoms with E-state index in [9.17, 15) is 14.4 Å². The number of carbonyl (C=O) groups excluding carboxylic acids is 3. The summed E-state index contributed by atoms with van der Waals surface area (Å²) in [4.78, 5) is 36.8. The molecule has 0 heterocycles. The third-order valence-electron chi connectivity index (χ3n) is 4.00. The normalized spacial score (nSPS) is 15.9. The minimum atomic E-state index is -4.73. The molecule has 0 spiro atoms. The average molecular weight is 449 g/mol. The molecule has 0 saturated heterocycles. The Morgan fingerprint density at radius 3 is 1.25 bits per heavy atom. The number of hydrogen-bond acceptors (Lipinski definition) is 6. The summed E-state index contributed by atoms with van der Waals surface area (Å²) in [6, 6.07) is 0. The van der Waals surface area contributed by atoms with Crippen molar-refractivity contribution in [2.45, 2.75) is 71.2 Å². The van der Waals surface area contributed by atoms with E-state index in [-0.39, 0.29) is 21.7 Å². The molecule has 138 valence electrons. The van der Waals surface area contributed by atoms with E-state index in [1.54, 1.807) is 41.5 Å². The van der Waals surface area contributed by atoms with Crippen molar-refractivity contribution in [3.63, 3.8) is 0 Å². The fraction of sp³-hybridized carbons (Fsp3) is 0.824. The van der Waals surface area contributed by atoms with Gasteiger partial charge in [0.15, 0.2) is 0 Å². The zero-order chi connectivity index (χ0) is 18.5. The molecule has 0 aliphatic heterocycles. The van der Waals surface area contributed by atoms with Crippen LogP contribution in [0.4, 0.5) is 0 Å². The molecular formula is C17H30O6Sn. The summed E-state index contributed by atoms with van der Waals surface area (Å²) in [6.45, 7) is 10.3. The molecule has 0 unspecified atom stereocenters. The second kappa shape index (κ2) is 9.06. The molecule has 1 rings (SSSR count). The van der Waals surface area contributed by atoms with Crippen LogP contribution < -0.4 is 0 Å². The van der Waals surface area contributed by atoms with E-state index in [0.717, 1.165) is 25.7 Å². The molecule has 0 aromatic rings. The fourth-order valence-corrected chi connectivity index (χ4v) is 11.8. The van der Waals surface area contributed by atoms with Gasteiger partial charge in [0.05, 0.1) is 0 Å². The van der Waals surface area contributed by atoms with E-state index < -0.39 is 37.5 Å². The van der Waals surface area contributed by atoms with Crippen LogP contribution >= 0.6 is 0 Å². The molecule has 0 atom stereocenters. The molecule has 0 aromatic carbocycles. The van der Waals surface area contributed by atoms with Crippen molar-refractivity contribution in [2.75, 3.05) is 0 Å². The Hall–Kier alpha value is -0.791. The van der Waals surface area contributed by atoms with Crippen LogP contribution in [-0.4, -0.2) is 37.5 Å². The van der Waals surface area contributed by atoms with Crippen LogP contribution in [0.5, 0.6) is 0 Å². The molecule has 1 saturated carbocycles. The summed E-state index contributed by atoms with van der Waals surface area (Å²) in [6.07, 6.45) is 3.44. The maximum atomic E-state index is 12.3. The third-order valence-corrected chi connectivity index (χ3v) is 12.7. The summed E-state index contributed by atoms with van der Waals surface area (Å²) in [5, 5.41) is 0. The van der Waals surface area contributed by atoms with Crippen molar-refractivity contribution in [3.05, 3.63) is 0 Å². The Morgan fingerprint density at radius 2 is 1.00 bits per heavy atom. The van der Waals surface area contributed by atoms with Gasteiger partial charge in [-0.15, -0.1) is 0 Å². The first-order valence-corrected chi connectivity index (χ1v) is 13.9.